The van der Waals surface area contributed by atoms with Crippen molar-refractivity contribution < 1.29 is 22.0 Å². The zero-order valence-electron chi connectivity index (χ0n) is 16.3. The SMILES string of the molecule is CCCCc1ccc2c(ccc3cc(-c4ccc(C(F)(F)F)c(F)c4)c(F)cc32)c1. The Balaban J connectivity index is 1.81. The van der Waals surface area contributed by atoms with Crippen molar-refractivity contribution in [1.29, 1.82) is 0 Å². The summed E-state index contributed by atoms with van der Waals surface area (Å²) in [6, 6.07) is 15.3. The smallest absolute Gasteiger partial charge is 0.206 e. The van der Waals surface area contributed by atoms with E-state index in [4.69, 9.17) is 0 Å². The van der Waals surface area contributed by atoms with Crippen LogP contribution in [0.4, 0.5) is 22.0 Å². The highest BCUT2D eigenvalue weighted by Gasteiger charge is 2.34. The van der Waals surface area contributed by atoms with E-state index in [1.807, 2.05) is 24.3 Å². The van der Waals surface area contributed by atoms with Gasteiger partial charge < -0.3 is 0 Å². The summed E-state index contributed by atoms with van der Waals surface area (Å²) in [5.74, 6) is -2.03. The van der Waals surface area contributed by atoms with Crippen LogP contribution >= 0.6 is 0 Å². The number of benzene rings is 4. The van der Waals surface area contributed by atoms with Crippen LogP contribution in [0.15, 0.2) is 60.7 Å². The lowest BCUT2D eigenvalue weighted by Gasteiger charge is -2.12. The normalized spacial score (nSPS) is 12.1. The van der Waals surface area contributed by atoms with Crippen LogP contribution in [-0.2, 0) is 12.6 Å². The fraction of sp³-hybridized carbons (Fsp3) is 0.200. The van der Waals surface area contributed by atoms with Crippen LogP contribution in [0.25, 0.3) is 32.7 Å². The van der Waals surface area contributed by atoms with Crippen LogP contribution in [0.3, 0.4) is 0 Å². The Labute approximate surface area is 171 Å². The monoisotopic (exact) mass is 414 g/mol. The molecule has 0 radical (unpaired) electrons. The van der Waals surface area contributed by atoms with E-state index in [1.165, 1.54) is 11.6 Å². The standard InChI is InChI=1S/C25H19F5/c1-2-3-4-15-5-9-19-16(11-15)6-7-17-12-21(23(26)14-20(17)19)18-8-10-22(24(27)13-18)25(28,29)30/h5-14H,2-4H2,1H3. The molecule has 4 rings (SSSR count). The van der Waals surface area contributed by atoms with Gasteiger partial charge in [-0.1, -0.05) is 49.7 Å². The molecular weight excluding hydrogens is 395 g/mol. The summed E-state index contributed by atoms with van der Waals surface area (Å²) < 4.78 is 67.3. The summed E-state index contributed by atoms with van der Waals surface area (Å²) in [5.41, 5.74) is -0.0118. The van der Waals surface area contributed by atoms with Crippen LogP contribution < -0.4 is 0 Å². The molecule has 0 unspecified atom stereocenters. The van der Waals surface area contributed by atoms with Crippen molar-refractivity contribution in [3.05, 3.63) is 83.4 Å². The Morgan fingerprint density at radius 2 is 1.47 bits per heavy atom. The molecule has 0 saturated carbocycles. The maximum Gasteiger partial charge on any atom is 0.419 e. The molecule has 0 bridgehead atoms. The highest BCUT2D eigenvalue weighted by molar-refractivity contribution is 6.08. The van der Waals surface area contributed by atoms with E-state index >= 15 is 0 Å². The fourth-order valence-corrected chi connectivity index (χ4v) is 3.81. The molecule has 0 heterocycles. The van der Waals surface area contributed by atoms with Gasteiger partial charge in [-0.2, -0.15) is 13.2 Å². The van der Waals surface area contributed by atoms with Gasteiger partial charge in [-0.15, -0.1) is 0 Å². The summed E-state index contributed by atoms with van der Waals surface area (Å²) in [6.45, 7) is 2.14. The van der Waals surface area contributed by atoms with E-state index < -0.39 is 23.4 Å². The second kappa shape index (κ2) is 7.71. The molecule has 5 heteroatoms. The van der Waals surface area contributed by atoms with Crippen LogP contribution in [0.2, 0.25) is 0 Å². The molecule has 4 aromatic rings. The minimum absolute atomic E-state index is 0.0639. The van der Waals surface area contributed by atoms with Gasteiger partial charge in [0.15, 0.2) is 0 Å². The van der Waals surface area contributed by atoms with Crippen molar-refractivity contribution in [3.63, 3.8) is 0 Å². The number of unbranched alkanes of at least 4 members (excludes halogenated alkanes) is 1. The molecule has 0 amide bonds. The molecule has 0 N–H and O–H groups in total. The van der Waals surface area contributed by atoms with Crippen LogP contribution in [-0.4, -0.2) is 0 Å². The average Bonchev–Trinajstić information content (AvgIpc) is 2.70. The van der Waals surface area contributed by atoms with Crippen LogP contribution in [0, 0.1) is 11.6 Å². The summed E-state index contributed by atoms with van der Waals surface area (Å²) in [6.07, 6.45) is -1.61. The van der Waals surface area contributed by atoms with Crippen molar-refractivity contribution in [2.24, 2.45) is 0 Å². The summed E-state index contributed by atoms with van der Waals surface area (Å²) in [5, 5.41) is 3.35. The predicted molar refractivity (Wildman–Crippen MR) is 110 cm³/mol. The van der Waals surface area contributed by atoms with E-state index in [0.29, 0.717) is 11.5 Å². The largest absolute Gasteiger partial charge is 0.419 e. The molecule has 0 fully saturated rings. The second-order valence-electron chi connectivity index (χ2n) is 7.47. The van der Waals surface area contributed by atoms with Crippen molar-refractivity contribution in [3.8, 4) is 11.1 Å². The molecular formula is C25H19F5. The lowest BCUT2D eigenvalue weighted by molar-refractivity contribution is -0.139. The first-order chi connectivity index (χ1) is 14.3. The number of alkyl halides is 3. The number of halogens is 5. The highest BCUT2D eigenvalue weighted by Crippen LogP contribution is 2.36. The third-order valence-corrected chi connectivity index (χ3v) is 5.39. The molecule has 0 aliphatic heterocycles. The molecule has 0 atom stereocenters. The van der Waals surface area contributed by atoms with Gasteiger partial charge in [-0.25, -0.2) is 8.78 Å². The first kappa shape index (κ1) is 20.3. The number of rotatable bonds is 4. The van der Waals surface area contributed by atoms with Crippen molar-refractivity contribution in [2.75, 3.05) is 0 Å². The van der Waals surface area contributed by atoms with Crippen LogP contribution in [0.1, 0.15) is 30.9 Å². The first-order valence-electron chi connectivity index (χ1n) is 9.80. The number of fused-ring (bicyclic) bond motifs is 3. The third kappa shape index (κ3) is 3.76. The van der Waals surface area contributed by atoms with E-state index in [-0.39, 0.29) is 11.1 Å². The Bertz CT molecular complexity index is 1240. The van der Waals surface area contributed by atoms with Gasteiger partial charge in [0.25, 0.3) is 0 Å². The van der Waals surface area contributed by atoms with Gasteiger partial charge in [0.2, 0.25) is 0 Å². The third-order valence-electron chi connectivity index (χ3n) is 5.39. The fourth-order valence-electron chi connectivity index (χ4n) is 3.81. The maximum absolute atomic E-state index is 14.9. The molecule has 0 aromatic heterocycles. The number of hydrogen-bond acceptors (Lipinski definition) is 0. The topological polar surface area (TPSA) is 0 Å². The lowest BCUT2D eigenvalue weighted by Crippen LogP contribution is -2.07. The predicted octanol–water partition coefficient (Wildman–Crippen LogP) is 8.30. The van der Waals surface area contributed by atoms with Crippen molar-refractivity contribution in [1.82, 2.24) is 0 Å². The van der Waals surface area contributed by atoms with Gasteiger partial charge in [0.1, 0.15) is 11.6 Å². The lowest BCUT2D eigenvalue weighted by atomic mass is 9.95. The molecule has 154 valence electrons. The quantitative estimate of drug-likeness (QED) is 0.233. The summed E-state index contributed by atoms with van der Waals surface area (Å²) in [4.78, 5) is 0. The molecule has 0 spiro atoms. The molecule has 30 heavy (non-hydrogen) atoms. The average molecular weight is 414 g/mol. The van der Waals surface area contributed by atoms with Gasteiger partial charge in [-0.3, -0.25) is 0 Å². The van der Waals surface area contributed by atoms with Crippen molar-refractivity contribution in [2.45, 2.75) is 32.4 Å². The maximum atomic E-state index is 14.9. The summed E-state index contributed by atoms with van der Waals surface area (Å²) >= 11 is 0. The highest BCUT2D eigenvalue weighted by atomic mass is 19.4. The van der Waals surface area contributed by atoms with Gasteiger partial charge in [0, 0.05) is 5.56 Å². The van der Waals surface area contributed by atoms with Gasteiger partial charge in [0.05, 0.1) is 5.56 Å². The van der Waals surface area contributed by atoms with E-state index in [0.717, 1.165) is 47.6 Å². The molecule has 4 aromatic carbocycles. The summed E-state index contributed by atoms with van der Waals surface area (Å²) in [7, 11) is 0. The number of hydrogen-bond donors (Lipinski definition) is 0. The van der Waals surface area contributed by atoms with Crippen LogP contribution in [0.5, 0.6) is 0 Å². The molecule has 0 aliphatic carbocycles. The first-order valence-corrected chi connectivity index (χ1v) is 9.80. The Morgan fingerprint density at radius 1 is 0.733 bits per heavy atom. The van der Waals surface area contributed by atoms with E-state index in [1.54, 1.807) is 6.07 Å². The van der Waals surface area contributed by atoms with E-state index in [9.17, 15) is 22.0 Å². The second-order valence-corrected chi connectivity index (χ2v) is 7.47. The molecule has 0 saturated heterocycles. The van der Waals surface area contributed by atoms with E-state index in [2.05, 4.69) is 13.0 Å². The Kier molecular flexibility index (Phi) is 5.22. The van der Waals surface area contributed by atoms with Gasteiger partial charge in [-0.05, 0) is 69.8 Å². The molecule has 0 aliphatic rings. The minimum Gasteiger partial charge on any atom is -0.206 e. The zero-order valence-corrected chi connectivity index (χ0v) is 16.3. The molecule has 0 nitrogen and oxygen atoms in total. The zero-order chi connectivity index (χ0) is 21.5. The van der Waals surface area contributed by atoms with Crippen molar-refractivity contribution >= 4 is 21.5 Å². The number of aryl methyl sites for hydroxylation is 1. The Morgan fingerprint density at radius 3 is 2.13 bits per heavy atom. The van der Waals surface area contributed by atoms with Gasteiger partial charge >= 0.3 is 6.18 Å². The Hall–Kier alpha value is -2.95. The minimum atomic E-state index is -4.79.